The monoisotopic (exact) mass is 242 g/mol. The van der Waals surface area contributed by atoms with Gasteiger partial charge in [0.15, 0.2) is 0 Å². The normalized spacial score (nSPS) is 24.4. The van der Waals surface area contributed by atoms with Crippen molar-refractivity contribution in [1.82, 2.24) is 4.90 Å². The lowest BCUT2D eigenvalue weighted by Crippen LogP contribution is -2.39. The second kappa shape index (κ2) is 5.10. The van der Waals surface area contributed by atoms with Crippen LogP contribution in [0.25, 0.3) is 0 Å². The van der Waals surface area contributed by atoms with Crippen LogP contribution in [0, 0.1) is 5.92 Å². The van der Waals surface area contributed by atoms with Gasteiger partial charge in [0.2, 0.25) is 5.91 Å². The molecule has 0 aromatic rings. The van der Waals surface area contributed by atoms with E-state index < -0.39 is 0 Å². The highest BCUT2D eigenvalue weighted by Crippen LogP contribution is 2.29. The Morgan fingerprint density at radius 1 is 1.44 bits per heavy atom. The average molecular weight is 242 g/mol. The van der Waals surface area contributed by atoms with Crippen LogP contribution < -0.4 is 5.73 Å². The fourth-order valence-electron chi connectivity index (χ4n) is 2.05. The molecule has 2 aliphatic rings. The lowest BCUT2D eigenvalue weighted by Gasteiger charge is -2.24. The molecule has 2 fully saturated rings. The summed E-state index contributed by atoms with van der Waals surface area (Å²) in [5.74, 6) is 0.295. The molecule has 0 aromatic carbocycles. The van der Waals surface area contributed by atoms with Gasteiger partial charge in [-0.15, -0.1) is 0 Å². The standard InChI is InChI=1S/C11H18N2O2S/c12-10(16)3-5-13(9-1-2-9)11(14)8-4-6-15-7-8/h8-9H,1-7H2,(H2,12,16). The summed E-state index contributed by atoms with van der Waals surface area (Å²) in [6.45, 7) is 1.97. The zero-order valence-electron chi connectivity index (χ0n) is 9.35. The predicted octanol–water partition coefficient (Wildman–Crippen LogP) is 0.690. The fourth-order valence-corrected chi connectivity index (χ4v) is 2.14. The summed E-state index contributed by atoms with van der Waals surface area (Å²) in [5.41, 5.74) is 5.48. The van der Waals surface area contributed by atoms with Gasteiger partial charge in [0, 0.05) is 25.6 Å². The minimum atomic E-state index is 0.0620. The van der Waals surface area contributed by atoms with Gasteiger partial charge in [-0.2, -0.15) is 0 Å². The summed E-state index contributed by atoms with van der Waals surface area (Å²) in [6.07, 6.45) is 3.73. The molecule has 2 rings (SSSR count). The van der Waals surface area contributed by atoms with Gasteiger partial charge in [0.05, 0.1) is 17.5 Å². The van der Waals surface area contributed by atoms with Crippen molar-refractivity contribution in [2.75, 3.05) is 19.8 Å². The predicted molar refractivity (Wildman–Crippen MR) is 65.1 cm³/mol. The van der Waals surface area contributed by atoms with Gasteiger partial charge in [0.1, 0.15) is 0 Å². The number of carbonyl (C=O) groups excluding carboxylic acids is 1. The Hall–Kier alpha value is -0.680. The van der Waals surface area contributed by atoms with Crippen LogP contribution in [0.3, 0.4) is 0 Å². The van der Waals surface area contributed by atoms with Crippen LogP contribution in [0.15, 0.2) is 0 Å². The van der Waals surface area contributed by atoms with Crippen molar-refractivity contribution in [3.05, 3.63) is 0 Å². The van der Waals surface area contributed by atoms with E-state index in [-0.39, 0.29) is 11.8 Å². The maximum absolute atomic E-state index is 12.2. The smallest absolute Gasteiger partial charge is 0.228 e. The van der Waals surface area contributed by atoms with E-state index in [1.165, 1.54) is 0 Å². The van der Waals surface area contributed by atoms with Crippen LogP contribution in [0.4, 0.5) is 0 Å². The Labute approximate surface area is 101 Å². The van der Waals surface area contributed by atoms with Crippen LogP contribution in [0.2, 0.25) is 0 Å². The van der Waals surface area contributed by atoms with E-state index in [1.807, 2.05) is 4.90 Å². The molecular formula is C11H18N2O2S. The van der Waals surface area contributed by atoms with Gasteiger partial charge in [-0.05, 0) is 19.3 Å². The highest BCUT2D eigenvalue weighted by Gasteiger charge is 2.36. The number of carbonyl (C=O) groups is 1. The van der Waals surface area contributed by atoms with Crippen molar-refractivity contribution in [1.29, 1.82) is 0 Å². The van der Waals surface area contributed by atoms with Gasteiger partial charge in [-0.1, -0.05) is 12.2 Å². The van der Waals surface area contributed by atoms with Crippen LogP contribution >= 0.6 is 12.2 Å². The molecule has 90 valence electrons. The third kappa shape index (κ3) is 2.92. The number of rotatable bonds is 5. The summed E-state index contributed by atoms with van der Waals surface area (Å²) >= 11 is 4.86. The summed E-state index contributed by atoms with van der Waals surface area (Å²) in [6, 6.07) is 0.433. The molecule has 1 saturated carbocycles. The van der Waals surface area contributed by atoms with E-state index in [2.05, 4.69) is 0 Å². The Morgan fingerprint density at radius 2 is 2.19 bits per heavy atom. The van der Waals surface area contributed by atoms with E-state index in [1.54, 1.807) is 0 Å². The minimum absolute atomic E-state index is 0.0620. The van der Waals surface area contributed by atoms with E-state index in [9.17, 15) is 4.79 Å². The highest BCUT2D eigenvalue weighted by molar-refractivity contribution is 7.80. The molecule has 1 heterocycles. The molecule has 2 N–H and O–H groups in total. The molecule has 1 aliphatic heterocycles. The first-order valence-corrected chi connectivity index (χ1v) is 6.26. The summed E-state index contributed by atoms with van der Waals surface area (Å²) in [4.78, 5) is 14.6. The first kappa shape index (κ1) is 11.8. The van der Waals surface area contributed by atoms with Gasteiger partial charge >= 0.3 is 0 Å². The molecule has 0 radical (unpaired) electrons. The summed E-state index contributed by atoms with van der Waals surface area (Å²) < 4.78 is 5.26. The number of hydrogen-bond donors (Lipinski definition) is 1. The topological polar surface area (TPSA) is 55.6 Å². The third-order valence-electron chi connectivity index (χ3n) is 3.15. The van der Waals surface area contributed by atoms with E-state index >= 15 is 0 Å². The molecule has 4 nitrogen and oxygen atoms in total. The molecular weight excluding hydrogens is 224 g/mol. The first-order chi connectivity index (χ1) is 7.68. The largest absolute Gasteiger partial charge is 0.393 e. The molecule has 1 unspecified atom stereocenters. The van der Waals surface area contributed by atoms with E-state index in [0.29, 0.717) is 37.2 Å². The van der Waals surface area contributed by atoms with E-state index in [0.717, 1.165) is 19.3 Å². The molecule has 1 aliphatic carbocycles. The van der Waals surface area contributed by atoms with Crippen molar-refractivity contribution in [3.63, 3.8) is 0 Å². The van der Waals surface area contributed by atoms with Gasteiger partial charge in [-0.3, -0.25) is 4.79 Å². The molecule has 0 bridgehead atoms. The number of hydrogen-bond acceptors (Lipinski definition) is 3. The Kier molecular flexibility index (Phi) is 3.76. The van der Waals surface area contributed by atoms with Crippen molar-refractivity contribution < 1.29 is 9.53 Å². The number of nitrogens with two attached hydrogens (primary N) is 1. The number of thiocarbonyl (C=S) groups is 1. The van der Waals surface area contributed by atoms with E-state index in [4.69, 9.17) is 22.7 Å². The Balaban J connectivity index is 1.89. The van der Waals surface area contributed by atoms with Crippen LogP contribution in [0.1, 0.15) is 25.7 Å². The Bertz CT molecular complexity index is 286. The lowest BCUT2D eigenvalue weighted by atomic mass is 10.1. The zero-order valence-corrected chi connectivity index (χ0v) is 10.2. The molecule has 1 amide bonds. The number of ether oxygens (including phenoxy) is 1. The zero-order chi connectivity index (χ0) is 11.5. The summed E-state index contributed by atoms with van der Waals surface area (Å²) in [7, 11) is 0. The summed E-state index contributed by atoms with van der Waals surface area (Å²) in [5, 5.41) is 0. The van der Waals surface area contributed by atoms with Crippen LogP contribution in [-0.2, 0) is 9.53 Å². The molecule has 16 heavy (non-hydrogen) atoms. The third-order valence-corrected chi connectivity index (χ3v) is 3.35. The van der Waals surface area contributed by atoms with Crippen molar-refractivity contribution in [3.8, 4) is 0 Å². The van der Waals surface area contributed by atoms with Crippen LogP contribution in [0.5, 0.6) is 0 Å². The molecule has 1 atom stereocenters. The maximum Gasteiger partial charge on any atom is 0.228 e. The minimum Gasteiger partial charge on any atom is -0.393 e. The van der Waals surface area contributed by atoms with Gasteiger partial charge in [0.25, 0.3) is 0 Å². The average Bonchev–Trinajstić information content (AvgIpc) is 2.93. The van der Waals surface area contributed by atoms with Gasteiger partial charge in [-0.25, -0.2) is 0 Å². The lowest BCUT2D eigenvalue weighted by molar-refractivity contribution is -0.136. The molecule has 0 aromatic heterocycles. The quantitative estimate of drug-likeness (QED) is 0.721. The second-order valence-electron chi connectivity index (χ2n) is 4.54. The van der Waals surface area contributed by atoms with Crippen molar-refractivity contribution in [2.45, 2.75) is 31.7 Å². The second-order valence-corrected chi connectivity index (χ2v) is 5.06. The molecule has 5 heteroatoms. The fraction of sp³-hybridized carbons (Fsp3) is 0.818. The molecule has 0 spiro atoms. The van der Waals surface area contributed by atoms with Crippen molar-refractivity contribution >= 4 is 23.1 Å². The van der Waals surface area contributed by atoms with Gasteiger partial charge < -0.3 is 15.4 Å². The van der Waals surface area contributed by atoms with Crippen LogP contribution in [-0.4, -0.2) is 41.6 Å². The first-order valence-electron chi connectivity index (χ1n) is 5.85. The van der Waals surface area contributed by atoms with Crippen molar-refractivity contribution in [2.24, 2.45) is 11.7 Å². The maximum atomic E-state index is 12.2. The molecule has 1 saturated heterocycles. The Morgan fingerprint density at radius 3 is 2.69 bits per heavy atom. The SMILES string of the molecule is NC(=S)CCN(C(=O)C1CCOC1)C1CC1. The highest BCUT2D eigenvalue weighted by atomic mass is 32.1. The number of amides is 1. The number of nitrogens with zero attached hydrogens (tertiary/aromatic N) is 1.